The molecule has 0 bridgehead atoms. The summed E-state index contributed by atoms with van der Waals surface area (Å²) in [7, 11) is 0. The number of nitrogens with zero attached hydrogens (tertiary/aromatic N) is 1. The van der Waals surface area contributed by atoms with Crippen LogP contribution in [0.4, 0.5) is 0 Å². The standard InChI is InChI=1S/C13H19NO2/c1-10(15)4-3-6-13(8-9-14)7-5-12(13)11(2)16/h12H,3-8H2,1-2H3/t12-,13-/m1/s1. The molecule has 0 aromatic heterocycles. The van der Waals surface area contributed by atoms with E-state index in [4.69, 9.17) is 5.26 Å². The maximum Gasteiger partial charge on any atom is 0.133 e. The molecule has 0 N–H and O–H groups in total. The van der Waals surface area contributed by atoms with Crippen molar-refractivity contribution in [2.75, 3.05) is 0 Å². The van der Waals surface area contributed by atoms with Crippen molar-refractivity contribution in [3.63, 3.8) is 0 Å². The van der Waals surface area contributed by atoms with Crippen LogP contribution in [0.5, 0.6) is 0 Å². The Morgan fingerprint density at radius 3 is 2.50 bits per heavy atom. The van der Waals surface area contributed by atoms with Gasteiger partial charge in [-0.25, -0.2) is 0 Å². The maximum absolute atomic E-state index is 11.4. The summed E-state index contributed by atoms with van der Waals surface area (Å²) in [5, 5.41) is 8.85. The minimum absolute atomic E-state index is 0.0547. The van der Waals surface area contributed by atoms with Crippen molar-refractivity contribution < 1.29 is 9.59 Å². The normalized spacial score (nSPS) is 27.9. The molecule has 0 unspecified atom stereocenters. The topological polar surface area (TPSA) is 57.9 Å². The highest BCUT2D eigenvalue weighted by atomic mass is 16.1. The number of carbonyl (C=O) groups excluding carboxylic acids is 2. The zero-order chi connectivity index (χ0) is 12.2. The molecule has 0 spiro atoms. The number of hydrogen-bond acceptors (Lipinski definition) is 3. The van der Waals surface area contributed by atoms with E-state index in [1.807, 2.05) is 0 Å². The van der Waals surface area contributed by atoms with E-state index in [-0.39, 0.29) is 22.9 Å². The smallest absolute Gasteiger partial charge is 0.133 e. The van der Waals surface area contributed by atoms with E-state index in [0.717, 1.165) is 25.7 Å². The average molecular weight is 221 g/mol. The maximum atomic E-state index is 11.4. The van der Waals surface area contributed by atoms with Gasteiger partial charge < -0.3 is 4.79 Å². The van der Waals surface area contributed by atoms with Crippen LogP contribution in [0.2, 0.25) is 0 Å². The van der Waals surface area contributed by atoms with E-state index in [9.17, 15) is 9.59 Å². The summed E-state index contributed by atoms with van der Waals surface area (Å²) in [5.41, 5.74) is -0.115. The molecule has 0 aromatic carbocycles. The molecule has 0 radical (unpaired) electrons. The van der Waals surface area contributed by atoms with E-state index in [1.165, 1.54) is 0 Å². The Hall–Kier alpha value is -1.17. The van der Waals surface area contributed by atoms with Gasteiger partial charge in [0.2, 0.25) is 0 Å². The van der Waals surface area contributed by atoms with Crippen molar-refractivity contribution in [2.45, 2.75) is 52.4 Å². The molecule has 0 amide bonds. The first kappa shape index (κ1) is 12.9. The van der Waals surface area contributed by atoms with Gasteiger partial charge in [-0.05, 0) is 44.9 Å². The van der Waals surface area contributed by atoms with E-state index >= 15 is 0 Å². The zero-order valence-corrected chi connectivity index (χ0v) is 10.1. The molecule has 3 nitrogen and oxygen atoms in total. The zero-order valence-electron chi connectivity index (χ0n) is 10.1. The molecular formula is C13H19NO2. The lowest BCUT2D eigenvalue weighted by atomic mass is 9.55. The van der Waals surface area contributed by atoms with Crippen LogP contribution >= 0.6 is 0 Å². The highest BCUT2D eigenvalue weighted by Gasteiger charge is 2.48. The van der Waals surface area contributed by atoms with Crippen molar-refractivity contribution >= 4 is 11.6 Å². The number of Topliss-reactive ketones (excluding diaryl/α,β-unsaturated/α-hetero) is 2. The molecule has 1 aliphatic rings. The Morgan fingerprint density at radius 1 is 1.44 bits per heavy atom. The lowest BCUT2D eigenvalue weighted by Gasteiger charge is -2.47. The van der Waals surface area contributed by atoms with Crippen LogP contribution in [0.15, 0.2) is 0 Å². The fourth-order valence-corrected chi connectivity index (χ4v) is 2.78. The van der Waals surface area contributed by atoms with Crippen molar-refractivity contribution in [2.24, 2.45) is 11.3 Å². The summed E-state index contributed by atoms with van der Waals surface area (Å²) in [6.45, 7) is 3.20. The number of hydrogen-bond donors (Lipinski definition) is 0. The van der Waals surface area contributed by atoms with Crippen molar-refractivity contribution in [3.8, 4) is 6.07 Å². The molecule has 16 heavy (non-hydrogen) atoms. The highest BCUT2D eigenvalue weighted by molar-refractivity contribution is 5.80. The molecule has 3 heteroatoms. The Bertz CT molecular complexity index is 329. The van der Waals surface area contributed by atoms with Crippen LogP contribution in [0.1, 0.15) is 52.4 Å². The largest absolute Gasteiger partial charge is 0.300 e. The van der Waals surface area contributed by atoms with Crippen LogP contribution in [-0.2, 0) is 9.59 Å². The van der Waals surface area contributed by atoms with Gasteiger partial charge in [-0.2, -0.15) is 5.26 Å². The number of ketones is 2. The fourth-order valence-electron chi connectivity index (χ4n) is 2.78. The van der Waals surface area contributed by atoms with E-state index in [1.54, 1.807) is 13.8 Å². The van der Waals surface area contributed by atoms with Crippen LogP contribution in [0, 0.1) is 22.7 Å². The minimum atomic E-state index is -0.115. The van der Waals surface area contributed by atoms with Crippen LogP contribution in [-0.4, -0.2) is 11.6 Å². The van der Waals surface area contributed by atoms with Crippen LogP contribution < -0.4 is 0 Å². The summed E-state index contributed by atoms with van der Waals surface area (Å²) < 4.78 is 0. The molecule has 1 saturated carbocycles. The fraction of sp³-hybridized carbons (Fsp3) is 0.769. The van der Waals surface area contributed by atoms with Gasteiger partial charge in [0.25, 0.3) is 0 Å². The van der Waals surface area contributed by atoms with Gasteiger partial charge in [-0.3, -0.25) is 4.79 Å². The predicted molar refractivity (Wildman–Crippen MR) is 60.6 cm³/mol. The molecule has 88 valence electrons. The second kappa shape index (κ2) is 5.25. The first-order valence-corrected chi connectivity index (χ1v) is 5.89. The molecule has 1 rings (SSSR count). The van der Waals surface area contributed by atoms with E-state index < -0.39 is 0 Å². The molecule has 0 aliphatic heterocycles. The van der Waals surface area contributed by atoms with Gasteiger partial charge in [0.15, 0.2) is 0 Å². The number of carbonyl (C=O) groups is 2. The third-order valence-corrected chi connectivity index (χ3v) is 3.80. The summed E-state index contributed by atoms with van der Waals surface area (Å²) in [6.07, 6.45) is 4.54. The van der Waals surface area contributed by atoms with Gasteiger partial charge in [0, 0.05) is 18.8 Å². The predicted octanol–water partition coefficient (Wildman–Crippen LogP) is 2.64. The molecule has 1 fully saturated rings. The summed E-state index contributed by atoms with van der Waals surface area (Å²) >= 11 is 0. The van der Waals surface area contributed by atoms with Crippen molar-refractivity contribution in [1.82, 2.24) is 0 Å². The molecular weight excluding hydrogens is 202 g/mol. The lowest BCUT2D eigenvalue weighted by Crippen LogP contribution is -2.43. The SMILES string of the molecule is CC(=O)CCC[C@]1(CC#N)CC[C@@H]1C(C)=O. The number of nitriles is 1. The molecule has 0 heterocycles. The first-order chi connectivity index (χ1) is 7.52. The Kier molecular flexibility index (Phi) is 4.23. The third kappa shape index (κ3) is 2.69. The average Bonchev–Trinajstić information content (AvgIpc) is 2.13. The lowest BCUT2D eigenvalue weighted by molar-refractivity contribution is -0.132. The van der Waals surface area contributed by atoms with Gasteiger partial charge in [-0.1, -0.05) is 0 Å². The summed E-state index contributed by atoms with van der Waals surface area (Å²) in [4.78, 5) is 22.3. The van der Waals surface area contributed by atoms with Gasteiger partial charge in [0.05, 0.1) is 6.07 Å². The van der Waals surface area contributed by atoms with Crippen molar-refractivity contribution in [3.05, 3.63) is 0 Å². The van der Waals surface area contributed by atoms with E-state index in [0.29, 0.717) is 12.8 Å². The van der Waals surface area contributed by atoms with Crippen molar-refractivity contribution in [1.29, 1.82) is 5.26 Å². The molecule has 0 aromatic rings. The second-order valence-electron chi connectivity index (χ2n) is 4.95. The number of rotatable bonds is 6. The molecule has 0 saturated heterocycles. The third-order valence-electron chi connectivity index (χ3n) is 3.80. The minimum Gasteiger partial charge on any atom is -0.300 e. The molecule has 1 aliphatic carbocycles. The highest BCUT2D eigenvalue weighted by Crippen LogP contribution is 2.53. The Balaban J connectivity index is 2.57. The summed E-state index contributed by atoms with van der Waals surface area (Å²) in [6, 6.07) is 2.20. The van der Waals surface area contributed by atoms with Gasteiger partial charge in [-0.15, -0.1) is 0 Å². The van der Waals surface area contributed by atoms with Gasteiger partial charge >= 0.3 is 0 Å². The quantitative estimate of drug-likeness (QED) is 0.692. The Labute approximate surface area is 96.8 Å². The first-order valence-electron chi connectivity index (χ1n) is 5.89. The summed E-state index contributed by atoms with van der Waals surface area (Å²) in [5.74, 6) is 0.439. The van der Waals surface area contributed by atoms with Crippen LogP contribution in [0.3, 0.4) is 0 Å². The van der Waals surface area contributed by atoms with Gasteiger partial charge in [0.1, 0.15) is 11.6 Å². The monoisotopic (exact) mass is 221 g/mol. The van der Waals surface area contributed by atoms with E-state index in [2.05, 4.69) is 6.07 Å². The second-order valence-corrected chi connectivity index (χ2v) is 4.95. The Morgan fingerprint density at radius 2 is 2.12 bits per heavy atom. The van der Waals surface area contributed by atoms with Crippen LogP contribution in [0.25, 0.3) is 0 Å². The molecule has 2 atom stereocenters.